The number of para-hydroxylation sites is 1. The second-order valence-corrected chi connectivity index (χ2v) is 6.74. The minimum atomic E-state index is -0.136. The molecule has 1 aromatic carbocycles. The number of aromatic nitrogens is 2. The van der Waals surface area contributed by atoms with Crippen LogP contribution in [0, 0.1) is 0 Å². The number of hydrogen-bond donors (Lipinski definition) is 1. The summed E-state index contributed by atoms with van der Waals surface area (Å²) in [5.41, 5.74) is 2.76. The van der Waals surface area contributed by atoms with Crippen molar-refractivity contribution in [2.24, 2.45) is 0 Å². The molecule has 4 rings (SSSR count). The van der Waals surface area contributed by atoms with Crippen LogP contribution in [-0.2, 0) is 17.9 Å². The number of benzene rings is 1. The molecule has 0 radical (unpaired) electrons. The van der Waals surface area contributed by atoms with Gasteiger partial charge in [0, 0.05) is 29.3 Å². The Morgan fingerprint density at radius 2 is 2.32 bits per heavy atom. The third-order valence-electron chi connectivity index (χ3n) is 3.96. The van der Waals surface area contributed by atoms with Gasteiger partial charge in [-0.05, 0) is 18.2 Å². The molecule has 2 aromatic heterocycles. The van der Waals surface area contributed by atoms with Crippen LogP contribution in [0.1, 0.15) is 15.2 Å². The SMILES string of the molecule is COCCn1cc(NC(=O)c2cc3c(s2)-c2ccccc2OC3)cn1. The van der Waals surface area contributed by atoms with Gasteiger partial charge in [-0.15, -0.1) is 11.3 Å². The van der Waals surface area contributed by atoms with Crippen molar-refractivity contribution in [3.8, 4) is 16.2 Å². The van der Waals surface area contributed by atoms with Crippen LogP contribution >= 0.6 is 11.3 Å². The molecule has 0 saturated heterocycles. The third-order valence-corrected chi connectivity index (χ3v) is 5.17. The maximum atomic E-state index is 12.6. The summed E-state index contributed by atoms with van der Waals surface area (Å²) in [6, 6.07) is 9.80. The van der Waals surface area contributed by atoms with Crippen molar-refractivity contribution in [2.75, 3.05) is 19.0 Å². The fraction of sp³-hybridized carbons (Fsp3) is 0.222. The molecule has 7 heteroatoms. The number of carbonyl (C=O) groups is 1. The van der Waals surface area contributed by atoms with E-state index in [0.29, 0.717) is 30.3 Å². The van der Waals surface area contributed by atoms with Gasteiger partial charge >= 0.3 is 0 Å². The molecule has 0 spiro atoms. The van der Waals surface area contributed by atoms with Crippen LogP contribution in [0.5, 0.6) is 5.75 Å². The number of hydrogen-bond acceptors (Lipinski definition) is 5. The molecule has 3 heterocycles. The lowest BCUT2D eigenvalue weighted by atomic mass is 10.1. The summed E-state index contributed by atoms with van der Waals surface area (Å²) in [7, 11) is 1.65. The molecule has 0 unspecified atom stereocenters. The van der Waals surface area contributed by atoms with Crippen molar-refractivity contribution in [3.63, 3.8) is 0 Å². The number of rotatable bonds is 5. The van der Waals surface area contributed by atoms with Gasteiger partial charge in [-0.25, -0.2) is 0 Å². The Balaban J connectivity index is 1.52. The largest absolute Gasteiger partial charge is 0.488 e. The van der Waals surface area contributed by atoms with E-state index in [1.54, 1.807) is 24.2 Å². The van der Waals surface area contributed by atoms with Crippen molar-refractivity contribution in [1.82, 2.24) is 9.78 Å². The minimum absolute atomic E-state index is 0.136. The number of ether oxygens (including phenoxy) is 2. The Bertz CT molecular complexity index is 916. The van der Waals surface area contributed by atoms with Crippen molar-refractivity contribution in [3.05, 3.63) is 53.2 Å². The first-order valence-corrected chi connectivity index (χ1v) is 8.74. The highest BCUT2D eigenvalue weighted by molar-refractivity contribution is 7.17. The van der Waals surface area contributed by atoms with E-state index in [2.05, 4.69) is 10.4 Å². The van der Waals surface area contributed by atoms with Gasteiger partial charge in [0.1, 0.15) is 12.4 Å². The molecule has 1 aliphatic heterocycles. The molecule has 0 fully saturated rings. The second kappa shape index (κ2) is 6.70. The molecule has 6 nitrogen and oxygen atoms in total. The number of amides is 1. The van der Waals surface area contributed by atoms with Gasteiger partial charge in [-0.2, -0.15) is 5.10 Å². The molecule has 0 aliphatic carbocycles. The van der Waals surface area contributed by atoms with Crippen LogP contribution in [-0.4, -0.2) is 29.4 Å². The predicted octanol–water partition coefficient (Wildman–Crippen LogP) is 3.40. The number of carbonyl (C=O) groups excluding carboxylic acids is 1. The highest BCUT2D eigenvalue weighted by atomic mass is 32.1. The first kappa shape index (κ1) is 15.9. The maximum absolute atomic E-state index is 12.6. The molecule has 0 atom stereocenters. The lowest BCUT2D eigenvalue weighted by Gasteiger charge is -2.16. The molecule has 1 N–H and O–H groups in total. The van der Waals surface area contributed by atoms with Gasteiger partial charge in [-0.1, -0.05) is 12.1 Å². The van der Waals surface area contributed by atoms with E-state index in [9.17, 15) is 4.79 Å². The summed E-state index contributed by atoms with van der Waals surface area (Å²) in [4.78, 5) is 14.3. The fourth-order valence-corrected chi connectivity index (χ4v) is 3.83. The fourth-order valence-electron chi connectivity index (χ4n) is 2.74. The molecule has 1 aliphatic rings. The zero-order valence-electron chi connectivity index (χ0n) is 13.7. The zero-order valence-corrected chi connectivity index (χ0v) is 14.5. The standard InChI is InChI=1S/C18H17N3O3S/c1-23-7-6-21-10-13(9-19-21)20-18(22)16-8-12-11-24-15-5-3-2-4-14(15)17(12)25-16/h2-5,8-10H,6-7,11H2,1H3,(H,20,22). The van der Waals surface area contributed by atoms with Gasteiger partial charge in [0.2, 0.25) is 0 Å². The average Bonchev–Trinajstić information content (AvgIpc) is 3.26. The number of nitrogens with zero attached hydrogens (tertiary/aromatic N) is 2. The smallest absolute Gasteiger partial charge is 0.265 e. The van der Waals surface area contributed by atoms with E-state index in [4.69, 9.17) is 9.47 Å². The number of methoxy groups -OCH3 is 1. The molecule has 0 saturated carbocycles. The molecular weight excluding hydrogens is 338 g/mol. The monoisotopic (exact) mass is 355 g/mol. The van der Waals surface area contributed by atoms with E-state index in [-0.39, 0.29) is 5.91 Å². The van der Waals surface area contributed by atoms with E-state index < -0.39 is 0 Å². The van der Waals surface area contributed by atoms with Gasteiger partial charge in [-0.3, -0.25) is 9.48 Å². The van der Waals surface area contributed by atoms with Crippen LogP contribution in [0.2, 0.25) is 0 Å². The highest BCUT2D eigenvalue weighted by Crippen LogP contribution is 2.42. The maximum Gasteiger partial charge on any atom is 0.265 e. The summed E-state index contributed by atoms with van der Waals surface area (Å²) >= 11 is 1.49. The summed E-state index contributed by atoms with van der Waals surface area (Å²) in [5.74, 6) is 0.728. The number of anilines is 1. The number of fused-ring (bicyclic) bond motifs is 3. The Labute approximate surface area is 149 Å². The Morgan fingerprint density at radius 1 is 1.44 bits per heavy atom. The van der Waals surface area contributed by atoms with E-state index in [1.807, 2.05) is 30.3 Å². The van der Waals surface area contributed by atoms with Crippen molar-refractivity contribution in [2.45, 2.75) is 13.2 Å². The molecule has 0 bridgehead atoms. The summed E-state index contributed by atoms with van der Waals surface area (Å²) < 4.78 is 12.5. The lowest BCUT2D eigenvalue weighted by Crippen LogP contribution is -2.10. The minimum Gasteiger partial charge on any atom is -0.488 e. The number of thiophene rings is 1. The van der Waals surface area contributed by atoms with Crippen molar-refractivity contribution >= 4 is 22.9 Å². The Morgan fingerprint density at radius 3 is 3.20 bits per heavy atom. The second-order valence-electron chi connectivity index (χ2n) is 5.69. The normalized spacial score (nSPS) is 12.2. The Kier molecular flexibility index (Phi) is 4.25. The zero-order chi connectivity index (χ0) is 17.2. The molecule has 1 amide bonds. The summed E-state index contributed by atoms with van der Waals surface area (Å²) in [6.07, 6.45) is 3.43. The van der Waals surface area contributed by atoms with Crippen LogP contribution in [0.3, 0.4) is 0 Å². The van der Waals surface area contributed by atoms with Crippen LogP contribution < -0.4 is 10.1 Å². The van der Waals surface area contributed by atoms with Crippen LogP contribution in [0.25, 0.3) is 10.4 Å². The van der Waals surface area contributed by atoms with Crippen molar-refractivity contribution in [1.29, 1.82) is 0 Å². The quantitative estimate of drug-likeness (QED) is 0.762. The van der Waals surface area contributed by atoms with E-state index in [0.717, 1.165) is 21.8 Å². The first-order valence-electron chi connectivity index (χ1n) is 7.92. The predicted molar refractivity (Wildman–Crippen MR) is 96.1 cm³/mol. The third kappa shape index (κ3) is 3.16. The van der Waals surface area contributed by atoms with Gasteiger partial charge in [0.25, 0.3) is 5.91 Å². The topological polar surface area (TPSA) is 65.4 Å². The average molecular weight is 355 g/mol. The molecular formula is C18H17N3O3S. The molecule has 128 valence electrons. The van der Waals surface area contributed by atoms with Crippen molar-refractivity contribution < 1.29 is 14.3 Å². The van der Waals surface area contributed by atoms with Gasteiger partial charge in [0.15, 0.2) is 0 Å². The summed E-state index contributed by atoms with van der Waals surface area (Å²) in [6.45, 7) is 1.71. The lowest BCUT2D eigenvalue weighted by molar-refractivity contribution is 0.103. The highest BCUT2D eigenvalue weighted by Gasteiger charge is 2.22. The number of nitrogens with one attached hydrogen (secondary N) is 1. The van der Waals surface area contributed by atoms with E-state index in [1.165, 1.54) is 11.3 Å². The van der Waals surface area contributed by atoms with Crippen LogP contribution in [0.4, 0.5) is 5.69 Å². The molecule has 3 aromatic rings. The summed E-state index contributed by atoms with van der Waals surface area (Å²) in [5, 5.41) is 7.10. The van der Waals surface area contributed by atoms with E-state index >= 15 is 0 Å². The first-order chi connectivity index (χ1) is 12.2. The Hall–Kier alpha value is -2.64. The van der Waals surface area contributed by atoms with Gasteiger partial charge < -0.3 is 14.8 Å². The van der Waals surface area contributed by atoms with Crippen LogP contribution in [0.15, 0.2) is 42.7 Å². The molecule has 25 heavy (non-hydrogen) atoms. The van der Waals surface area contributed by atoms with Gasteiger partial charge in [0.05, 0.1) is 29.9 Å².